The Morgan fingerprint density at radius 3 is 2.63 bits per heavy atom. The molecule has 1 aromatic carbocycles. The topological polar surface area (TPSA) is 164 Å². The summed E-state index contributed by atoms with van der Waals surface area (Å²) in [6, 6.07) is 7.17. The summed E-state index contributed by atoms with van der Waals surface area (Å²) in [4.78, 5) is 25.0. The number of nitrogen functional groups attached to an aromatic ring is 1. The van der Waals surface area contributed by atoms with Crippen LogP contribution in [0.1, 0.15) is 33.7 Å². The number of rotatable bonds is 11. The number of hydrogen-bond acceptors (Lipinski definition) is 10. The number of hydrogen-bond donors (Lipinski definition) is 3. The van der Waals surface area contributed by atoms with Gasteiger partial charge in [-0.15, -0.1) is 0 Å². The molecule has 204 valence electrons. The molecule has 1 fully saturated rings. The lowest BCUT2D eigenvalue weighted by Gasteiger charge is -2.55. The lowest BCUT2D eigenvalue weighted by atomic mass is 9.55. The number of ether oxygens (including phenoxy) is 1. The smallest absolute Gasteiger partial charge is 0.459 e. The van der Waals surface area contributed by atoms with Crippen molar-refractivity contribution >= 4 is 30.7 Å². The van der Waals surface area contributed by atoms with Crippen molar-refractivity contribution in [2.45, 2.75) is 45.9 Å². The number of benzene rings is 1. The van der Waals surface area contributed by atoms with Gasteiger partial charge in [-0.05, 0) is 38.5 Å². The molecular weight excluding hydrogens is 511 g/mol. The first-order valence-corrected chi connectivity index (χ1v) is 13.7. The van der Waals surface area contributed by atoms with Crippen LogP contribution in [-0.2, 0) is 18.6 Å². The van der Waals surface area contributed by atoms with Gasteiger partial charge in [0, 0.05) is 17.9 Å². The molecule has 0 aliphatic heterocycles. The molecule has 4 N–H and O–H groups in total. The van der Waals surface area contributed by atoms with E-state index in [-0.39, 0.29) is 37.1 Å². The molecule has 2 heterocycles. The second-order valence-electron chi connectivity index (χ2n) is 9.77. The highest BCUT2D eigenvalue weighted by atomic mass is 31.2. The van der Waals surface area contributed by atoms with Crippen molar-refractivity contribution in [3.63, 3.8) is 0 Å². The second-order valence-corrected chi connectivity index (χ2v) is 11.5. The van der Waals surface area contributed by atoms with Crippen LogP contribution < -0.4 is 15.3 Å². The van der Waals surface area contributed by atoms with Gasteiger partial charge in [-0.3, -0.25) is 9.32 Å². The van der Waals surface area contributed by atoms with Crippen LogP contribution in [0.25, 0.3) is 11.2 Å². The number of nitrogens with two attached hydrogens (primary N) is 1. The van der Waals surface area contributed by atoms with Gasteiger partial charge >= 0.3 is 13.7 Å². The summed E-state index contributed by atoms with van der Waals surface area (Å²) in [6.45, 7) is 10.7. The Hall–Kier alpha value is -3.31. The average Bonchev–Trinajstić information content (AvgIpc) is 3.30. The van der Waals surface area contributed by atoms with Crippen LogP contribution in [0, 0.1) is 11.3 Å². The molecule has 5 atom stereocenters. The van der Waals surface area contributed by atoms with Gasteiger partial charge in [0.15, 0.2) is 11.5 Å². The minimum atomic E-state index is -4.09. The van der Waals surface area contributed by atoms with Crippen LogP contribution in [0.2, 0.25) is 0 Å². The maximum atomic E-state index is 13.9. The molecule has 38 heavy (non-hydrogen) atoms. The predicted molar refractivity (Wildman–Crippen MR) is 141 cm³/mol. The number of anilines is 1. The fourth-order valence-electron chi connectivity index (χ4n) is 4.56. The van der Waals surface area contributed by atoms with Crippen LogP contribution in [0.15, 0.2) is 55.1 Å². The molecule has 12 nitrogen and oxygen atoms in total. The Morgan fingerprint density at radius 2 is 1.97 bits per heavy atom. The quantitative estimate of drug-likeness (QED) is 0.184. The fraction of sp³-hybridized carbons (Fsp3) is 0.440. The van der Waals surface area contributed by atoms with Crippen molar-refractivity contribution in [1.29, 1.82) is 0 Å². The highest BCUT2D eigenvalue weighted by molar-refractivity contribution is 7.52. The molecule has 0 amide bonds. The summed E-state index contributed by atoms with van der Waals surface area (Å²) >= 11 is 0. The lowest BCUT2D eigenvalue weighted by molar-refractivity contribution is -0.149. The van der Waals surface area contributed by atoms with Gasteiger partial charge in [-0.2, -0.15) is 5.09 Å². The van der Waals surface area contributed by atoms with Crippen LogP contribution >= 0.6 is 7.75 Å². The summed E-state index contributed by atoms with van der Waals surface area (Å²) in [7, 11) is -4.09. The summed E-state index contributed by atoms with van der Waals surface area (Å²) in [5.41, 5.74) is 6.83. The third kappa shape index (κ3) is 5.30. The van der Waals surface area contributed by atoms with Gasteiger partial charge in [0.2, 0.25) is 0 Å². The maximum Gasteiger partial charge on any atom is 0.459 e. The Labute approximate surface area is 220 Å². The Balaban J connectivity index is 1.56. The maximum absolute atomic E-state index is 13.9. The Bertz CT molecular complexity index is 1360. The highest BCUT2D eigenvalue weighted by Gasteiger charge is 2.56. The molecular formula is C25H33N6O6P. The molecule has 0 radical (unpaired) electrons. The van der Waals surface area contributed by atoms with Crippen LogP contribution in [0.5, 0.6) is 5.75 Å². The number of carbonyl (C=O) groups excluding carboxylic acids is 1. The zero-order valence-corrected chi connectivity index (χ0v) is 22.7. The first-order chi connectivity index (χ1) is 18.0. The molecule has 1 aliphatic rings. The number of carbonyl (C=O) groups is 1. The van der Waals surface area contributed by atoms with Gasteiger partial charge in [-0.1, -0.05) is 31.7 Å². The molecule has 3 aromatic rings. The first kappa shape index (κ1) is 27.7. The number of aromatic nitrogens is 4. The van der Waals surface area contributed by atoms with E-state index >= 15 is 0 Å². The number of nitrogens with one attached hydrogen (secondary N) is 1. The summed E-state index contributed by atoms with van der Waals surface area (Å²) in [5, 5.41) is 13.0. The van der Waals surface area contributed by atoms with Gasteiger partial charge in [0.05, 0.1) is 25.1 Å². The number of imidazole rings is 1. The highest BCUT2D eigenvalue weighted by Crippen LogP contribution is 2.59. The van der Waals surface area contributed by atoms with Gasteiger partial charge in [0.1, 0.15) is 23.6 Å². The van der Waals surface area contributed by atoms with Crippen LogP contribution in [0.3, 0.4) is 0 Å². The minimum absolute atomic E-state index is 0.111. The van der Waals surface area contributed by atoms with E-state index in [1.54, 1.807) is 55.1 Å². The predicted octanol–water partition coefficient (Wildman–Crippen LogP) is 3.27. The molecule has 0 bridgehead atoms. The van der Waals surface area contributed by atoms with E-state index in [0.29, 0.717) is 22.5 Å². The van der Waals surface area contributed by atoms with Crippen molar-refractivity contribution in [3.8, 4) is 5.75 Å². The summed E-state index contributed by atoms with van der Waals surface area (Å²) in [5.74, 6) is -0.428. The number of para-hydroxylation sites is 1. The standard InChI is InChI=1S/C25H33N6O6P/c1-15(2)36-24(33)17(4)30-38(34,37-18-9-7-6-8-10-18)35-12-25(5)16(3)21(19(25)11-32)31-14-29-20-22(26)27-13-28-23(20)31/h6-10,13-15,17,19,21,32H,3,11-12H2,1-2,4-5H3,(H,30,34)(H2,26,27,28)/t17-,19-,21+,25-,38?/m0/s1. The number of fused-ring (bicyclic) bond motifs is 1. The molecule has 1 aliphatic carbocycles. The Morgan fingerprint density at radius 1 is 1.26 bits per heavy atom. The molecule has 2 aromatic heterocycles. The first-order valence-electron chi connectivity index (χ1n) is 12.2. The van der Waals surface area contributed by atoms with Gasteiger partial charge in [0.25, 0.3) is 0 Å². The summed E-state index contributed by atoms with van der Waals surface area (Å²) < 4.78 is 32.6. The minimum Gasteiger partial charge on any atom is -0.462 e. The zero-order chi connectivity index (χ0) is 27.7. The zero-order valence-electron chi connectivity index (χ0n) is 21.8. The van der Waals surface area contributed by atoms with Crippen LogP contribution in [-0.4, -0.2) is 56.0 Å². The Kier molecular flexibility index (Phi) is 7.89. The van der Waals surface area contributed by atoms with Crippen molar-refractivity contribution in [1.82, 2.24) is 24.6 Å². The molecule has 4 rings (SSSR count). The van der Waals surface area contributed by atoms with E-state index < -0.39 is 25.2 Å². The van der Waals surface area contributed by atoms with E-state index in [2.05, 4.69) is 26.6 Å². The van der Waals surface area contributed by atoms with Crippen molar-refractivity contribution in [3.05, 3.63) is 55.1 Å². The third-order valence-corrected chi connectivity index (χ3v) is 8.36. The SMILES string of the molecule is C=C1[C@@H](n2cnc3c(N)ncnc32)[C@H](CO)[C@@]1(C)COP(=O)(N[C@@H](C)C(=O)OC(C)C)Oc1ccccc1. The van der Waals surface area contributed by atoms with Crippen molar-refractivity contribution in [2.75, 3.05) is 18.9 Å². The monoisotopic (exact) mass is 544 g/mol. The summed E-state index contributed by atoms with van der Waals surface area (Å²) in [6.07, 6.45) is 2.59. The largest absolute Gasteiger partial charge is 0.462 e. The van der Waals surface area contributed by atoms with Gasteiger partial charge in [-0.25, -0.2) is 19.5 Å². The molecule has 0 spiro atoms. The van der Waals surface area contributed by atoms with E-state index in [1.807, 2.05) is 6.92 Å². The van der Waals surface area contributed by atoms with E-state index in [4.69, 9.17) is 19.5 Å². The molecule has 1 unspecified atom stereocenters. The van der Waals surface area contributed by atoms with E-state index in [1.165, 1.54) is 13.3 Å². The molecule has 0 saturated heterocycles. The molecule has 1 saturated carbocycles. The van der Waals surface area contributed by atoms with Gasteiger partial charge < -0.3 is 24.7 Å². The normalized spacial score (nSPS) is 23.6. The third-order valence-electron chi connectivity index (χ3n) is 6.73. The lowest BCUT2D eigenvalue weighted by Crippen LogP contribution is -2.53. The number of aliphatic hydroxyl groups excluding tert-OH is 1. The van der Waals surface area contributed by atoms with Crippen molar-refractivity contribution in [2.24, 2.45) is 11.3 Å². The number of aliphatic hydroxyl groups is 1. The van der Waals surface area contributed by atoms with E-state index in [0.717, 1.165) is 0 Å². The van der Waals surface area contributed by atoms with E-state index in [9.17, 15) is 14.5 Å². The second kappa shape index (κ2) is 10.8. The number of esters is 1. The van der Waals surface area contributed by atoms with Crippen LogP contribution in [0.4, 0.5) is 5.82 Å². The fourth-order valence-corrected chi connectivity index (χ4v) is 6.16. The number of nitrogens with zero attached hydrogens (tertiary/aromatic N) is 4. The van der Waals surface area contributed by atoms with Crippen molar-refractivity contribution < 1.29 is 28.3 Å². The molecule has 13 heteroatoms. The average molecular weight is 545 g/mol.